The molecule has 0 unspecified atom stereocenters. The first kappa shape index (κ1) is 16.6. The first-order chi connectivity index (χ1) is 9.17. The van der Waals surface area contributed by atoms with E-state index in [1.165, 1.54) is 17.3 Å². The van der Waals surface area contributed by atoms with Gasteiger partial charge in [-0.05, 0) is 46.2 Å². The van der Waals surface area contributed by atoms with Crippen LogP contribution in [0.2, 0.25) is 0 Å². The number of urea groups is 1. The molecule has 1 aromatic rings. The van der Waals surface area contributed by atoms with Crippen molar-refractivity contribution < 1.29 is 9.59 Å². The molecule has 2 N–H and O–H groups in total. The van der Waals surface area contributed by atoms with Crippen molar-refractivity contribution in [3.8, 4) is 0 Å². The fourth-order valence-corrected chi connectivity index (χ4v) is 2.45. The Bertz CT molecular complexity index is 507. The molecule has 0 aromatic heterocycles. The van der Waals surface area contributed by atoms with Crippen molar-refractivity contribution in [2.45, 2.75) is 45.1 Å². The van der Waals surface area contributed by atoms with Gasteiger partial charge in [0, 0.05) is 10.4 Å². The van der Waals surface area contributed by atoms with E-state index in [4.69, 9.17) is 0 Å². The highest BCUT2D eigenvalue weighted by Crippen LogP contribution is 2.22. The number of imide groups is 1. The molecule has 110 valence electrons. The van der Waals surface area contributed by atoms with E-state index >= 15 is 0 Å². The fraction of sp³-hybridized carbons (Fsp3) is 0.467. The summed E-state index contributed by atoms with van der Waals surface area (Å²) in [7, 11) is 0. The molecular weight excluding hydrogens is 272 g/mol. The summed E-state index contributed by atoms with van der Waals surface area (Å²) in [6.45, 7) is 9.63. The van der Waals surface area contributed by atoms with Gasteiger partial charge in [0.05, 0.1) is 5.75 Å². The molecule has 0 aliphatic heterocycles. The summed E-state index contributed by atoms with van der Waals surface area (Å²) in [5.74, 6) is -0.0710. The number of nitrogens with one attached hydrogen (secondary N) is 2. The minimum atomic E-state index is -0.455. The Morgan fingerprint density at radius 2 is 1.85 bits per heavy atom. The van der Waals surface area contributed by atoms with Crippen LogP contribution in [0.25, 0.3) is 0 Å². The third-order valence-corrected chi connectivity index (χ3v) is 3.61. The first-order valence-electron chi connectivity index (χ1n) is 6.49. The molecule has 0 heterocycles. The number of amides is 3. The average molecular weight is 294 g/mol. The molecule has 3 amide bonds. The predicted molar refractivity (Wildman–Crippen MR) is 83.1 cm³/mol. The zero-order valence-electron chi connectivity index (χ0n) is 12.7. The van der Waals surface area contributed by atoms with Crippen molar-refractivity contribution in [3.05, 3.63) is 29.3 Å². The highest BCUT2D eigenvalue weighted by molar-refractivity contribution is 8.00. The van der Waals surface area contributed by atoms with Gasteiger partial charge in [-0.1, -0.05) is 17.7 Å². The highest BCUT2D eigenvalue weighted by Gasteiger charge is 2.15. The predicted octanol–water partition coefficient (Wildman–Crippen LogP) is 3.02. The Balaban J connectivity index is 2.46. The van der Waals surface area contributed by atoms with Gasteiger partial charge in [-0.15, -0.1) is 11.8 Å². The lowest BCUT2D eigenvalue weighted by Crippen LogP contribution is -2.48. The van der Waals surface area contributed by atoms with Crippen LogP contribution >= 0.6 is 11.8 Å². The van der Waals surface area contributed by atoms with Crippen molar-refractivity contribution in [1.29, 1.82) is 0 Å². The Labute approximate surface area is 124 Å². The summed E-state index contributed by atoms with van der Waals surface area (Å²) in [4.78, 5) is 24.3. The number of hydrogen-bond donors (Lipinski definition) is 2. The van der Waals surface area contributed by atoms with Crippen LogP contribution < -0.4 is 10.6 Å². The van der Waals surface area contributed by atoms with Gasteiger partial charge in [0.15, 0.2) is 0 Å². The van der Waals surface area contributed by atoms with Crippen LogP contribution in [0.15, 0.2) is 23.1 Å². The van der Waals surface area contributed by atoms with Gasteiger partial charge < -0.3 is 5.32 Å². The fourth-order valence-electron chi connectivity index (χ4n) is 1.64. The van der Waals surface area contributed by atoms with Gasteiger partial charge in [0.25, 0.3) is 0 Å². The van der Waals surface area contributed by atoms with E-state index in [0.29, 0.717) is 0 Å². The molecule has 0 saturated heterocycles. The van der Waals surface area contributed by atoms with E-state index in [9.17, 15) is 9.59 Å². The summed E-state index contributed by atoms with van der Waals surface area (Å²) >= 11 is 1.43. The quantitative estimate of drug-likeness (QED) is 0.843. The second kappa shape index (κ2) is 6.79. The van der Waals surface area contributed by atoms with E-state index < -0.39 is 6.03 Å². The molecule has 0 radical (unpaired) electrons. The number of carbonyl (C=O) groups excluding carboxylic acids is 2. The maximum Gasteiger partial charge on any atom is 0.321 e. The molecule has 0 spiro atoms. The van der Waals surface area contributed by atoms with Gasteiger partial charge in [-0.2, -0.15) is 0 Å². The van der Waals surface area contributed by atoms with Crippen LogP contribution in [0, 0.1) is 13.8 Å². The molecule has 5 heteroatoms. The van der Waals surface area contributed by atoms with E-state index in [1.807, 2.05) is 46.8 Å². The van der Waals surface area contributed by atoms with Crippen molar-refractivity contribution >= 4 is 23.7 Å². The number of benzene rings is 1. The molecule has 0 atom stereocenters. The minimum Gasteiger partial charge on any atom is -0.333 e. The van der Waals surface area contributed by atoms with Crippen LogP contribution in [0.3, 0.4) is 0 Å². The van der Waals surface area contributed by atoms with Crippen LogP contribution in [-0.4, -0.2) is 23.2 Å². The molecule has 0 bridgehead atoms. The number of carbonyl (C=O) groups is 2. The summed E-state index contributed by atoms with van der Waals surface area (Å²) < 4.78 is 0. The first-order valence-corrected chi connectivity index (χ1v) is 7.48. The number of hydrogen-bond acceptors (Lipinski definition) is 3. The summed E-state index contributed by atoms with van der Waals surface area (Å²) in [6.07, 6.45) is 0. The molecule has 20 heavy (non-hydrogen) atoms. The molecule has 4 nitrogen and oxygen atoms in total. The maximum absolute atomic E-state index is 11.7. The Kier molecular flexibility index (Phi) is 5.62. The van der Waals surface area contributed by atoms with Crippen LogP contribution in [0.4, 0.5) is 4.79 Å². The lowest BCUT2D eigenvalue weighted by atomic mass is 10.1. The third kappa shape index (κ3) is 6.10. The standard InChI is InChI=1S/C15H22N2O2S/c1-10-6-7-12(11(2)8-10)20-9-13(18)16-14(19)17-15(3,4)5/h6-8H,9H2,1-5H3,(H2,16,17,18,19). The smallest absolute Gasteiger partial charge is 0.321 e. The van der Waals surface area contributed by atoms with Gasteiger partial charge >= 0.3 is 6.03 Å². The van der Waals surface area contributed by atoms with Gasteiger partial charge in [0.2, 0.25) is 5.91 Å². The molecule has 0 fully saturated rings. The second-order valence-corrected chi connectivity index (χ2v) is 6.83. The number of rotatable bonds is 3. The van der Waals surface area contributed by atoms with E-state index in [1.54, 1.807) is 0 Å². The molecule has 1 rings (SSSR count). The minimum absolute atomic E-state index is 0.224. The molecular formula is C15H22N2O2S. The number of aryl methyl sites for hydroxylation is 2. The van der Waals surface area contributed by atoms with Gasteiger partial charge in [0.1, 0.15) is 0 Å². The molecule has 0 aliphatic carbocycles. The zero-order chi connectivity index (χ0) is 15.3. The highest BCUT2D eigenvalue weighted by atomic mass is 32.2. The third-order valence-electron chi connectivity index (χ3n) is 2.43. The number of thioether (sulfide) groups is 1. The molecule has 1 aromatic carbocycles. The Hall–Kier alpha value is -1.49. The van der Waals surface area contributed by atoms with E-state index in [2.05, 4.69) is 16.7 Å². The summed E-state index contributed by atoms with van der Waals surface area (Å²) in [5, 5.41) is 5.01. The van der Waals surface area contributed by atoms with Crippen molar-refractivity contribution in [1.82, 2.24) is 10.6 Å². The van der Waals surface area contributed by atoms with E-state index in [-0.39, 0.29) is 17.2 Å². The Morgan fingerprint density at radius 1 is 1.20 bits per heavy atom. The lowest BCUT2D eigenvalue weighted by molar-refractivity contribution is -0.117. The summed E-state index contributed by atoms with van der Waals surface area (Å²) in [6, 6.07) is 5.63. The zero-order valence-corrected chi connectivity index (χ0v) is 13.5. The summed E-state index contributed by atoms with van der Waals surface area (Å²) in [5.41, 5.74) is 1.98. The SMILES string of the molecule is Cc1ccc(SCC(=O)NC(=O)NC(C)(C)C)c(C)c1. The van der Waals surface area contributed by atoms with Crippen molar-refractivity contribution in [2.24, 2.45) is 0 Å². The largest absolute Gasteiger partial charge is 0.333 e. The lowest BCUT2D eigenvalue weighted by Gasteiger charge is -2.20. The van der Waals surface area contributed by atoms with Crippen molar-refractivity contribution in [2.75, 3.05) is 5.75 Å². The molecule has 0 aliphatic rings. The van der Waals surface area contributed by atoms with Crippen molar-refractivity contribution in [3.63, 3.8) is 0 Å². The van der Waals surface area contributed by atoms with Crippen LogP contribution in [-0.2, 0) is 4.79 Å². The maximum atomic E-state index is 11.7. The normalized spacial score (nSPS) is 11.1. The van der Waals surface area contributed by atoms with Crippen LogP contribution in [0.5, 0.6) is 0 Å². The second-order valence-electron chi connectivity index (χ2n) is 5.81. The topological polar surface area (TPSA) is 58.2 Å². The Morgan fingerprint density at radius 3 is 2.40 bits per heavy atom. The van der Waals surface area contributed by atoms with Gasteiger partial charge in [-0.25, -0.2) is 4.79 Å². The monoisotopic (exact) mass is 294 g/mol. The van der Waals surface area contributed by atoms with Gasteiger partial charge in [-0.3, -0.25) is 10.1 Å². The van der Waals surface area contributed by atoms with E-state index in [0.717, 1.165) is 10.5 Å². The average Bonchev–Trinajstić information content (AvgIpc) is 2.24. The molecule has 0 saturated carbocycles. The van der Waals surface area contributed by atoms with Crippen LogP contribution in [0.1, 0.15) is 31.9 Å².